The van der Waals surface area contributed by atoms with Crippen LogP contribution in [0.5, 0.6) is 0 Å². The zero-order valence-electron chi connectivity index (χ0n) is 16.8. The molecule has 0 aromatic carbocycles. The Morgan fingerprint density at radius 2 is 1.69 bits per heavy atom. The predicted octanol–water partition coefficient (Wildman–Crippen LogP) is 0.804. The molecule has 10 heteroatoms. The molecule has 2 unspecified atom stereocenters. The first-order valence-electron chi connectivity index (χ1n) is 9.18. The van der Waals surface area contributed by atoms with E-state index in [1.807, 2.05) is 0 Å². The average Bonchev–Trinajstić information content (AvgIpc) is 2.96. The van der Waals surface area contributed by atoms with Gasteiger partial charge in [0.25, 0.3) is 0 Å². The molecule has 0 aromatic rings. The fraction of sp³-hybridized carbons (Fsp3) is 0.579. The Labute approximate surface area is 168 Å². The second-order valence-corrected chi connectivity index (χ2v) is 6.43. The largest absolute Gasteiger partial charge is 0.463 e. The van der Waals surface area contributed by atoms with Gasteiger partial charge in [0.2, 0.25) is 0 Å². The van der Waals surface area contributed by atoms with E-state index in [1.54, 1.807) is 19.2 Å². The molecule has 0 aliphatic carbocycles. The van der Waals surface area contributed by atoms with Crippen molar-refractivity contribution in [2.75, 3.05) is 13.2 Å². The van der Waals surface area contributed by atoms with Crippen LogP contribution >= 0.6 is 0 Å². The number of nitrogens with zero attached hydrogens (tertiary/aromatic N) is 1. The highest BCUT2D eigenvalue weighted by Gasteiger charge is 2.51. The third-order valence-electron chi connectivity index (χ3n) is 4.09. The summed E-state index contributed by atoms with van der Waals surface area (Å²) in [5.41, 5.74) is 0.381. The Kier molecular flexibility index (Phi) is 7.77. The Bertz CT molecular complexity index is 714. The van der Waals surface area contributed by atoms with E-state index in [2.05, 4.69) is 0 Å². The summed E-state index contributed by atoms with van der Waals surface area (Å²) in [5.74, 6) is -2.23. The third kappa shape index (κ3) is 6.05. The van der Waals surface area contributed by atoms with Gasteiger partial charge < -0.3 is 28.6 Å². The molecule has 2 heterocycles. The van der Waals surface area contributed by atoms with Crippen molar-refractivity contribution in [3.05, 3.63) is 24.0 Å². The van der Waals surface area contributed by atoms with Crippen molar-refractivity contribution in [3.63, 3.8) is 0 Å². The van der Waals surface area contributed by atoms with Gasteiger partial charge in [-0.3, -0.25) is 14.4 Å². The van der Waals surface area contributed by atoms with Gasteiger partial charge in [-0.1, -0.05) is 6.08 Å². The van der Waals surface area contributed by atoms with Crippen LogP contribution in [-0.2, 0) is 42.9 Å². The van der Waals surface area contributed by atoms with Crippen LogP contribution in [0.3, 0.4) is 0 Å². The van der Waals surface area contributed by atoms with Crippen LogP contribution in [0, 0.1) is 0 Å². The zero-order chi connectivity index (χ0) is 21.6. The zero-order valence-corrected chi connectivity index (χ0v) is 16.8. The summed E-state index contributed by atoms with van der Waals surface area (Å²) in [4.78, 5) is 48.0. The summed E-state index contributed by atoms with van der Waals surface area (Å²) in [7, 11) is 0. The fourth-order valence-corrected chi connectivity index (χ4v) is 3.03. The Morgan fingerprint density at radius 3 is 2.28 bits per heavy atom. The van der Waals surface area contributed by atoms with Gasteiger partial charge in [0, 0.05) is 39.6 Å². The first kappa shape index (κ1) is 22.4. The Hall–Kier alpha value is -2.88. The molecule has 1 saturated heterocycles. The van der Waals surface area contributed by atoms with E-state index in [-0.39, 0.29) is 13.2 Å². The van der Waals surface area contributed by atoms with Crippen LogP contribution in [0.2, 0.25) is 0 Å². The first-order chi connectivity index (χ1) is 13.7. The Morgan fingerprint density at radius 1 is 1.03 bits per heavy atom. The van der Waals surface area contributed by atoms with Crippen molar-refractivity contribution in [1.82, 2.24) is 4.90 Å². The lowest BCUT2D eigenvalue weighted by molar-refractivity contribution is -0.166. The predicted molar refractivity (Wildman–Crippen MR) is 96.7 cm³/mol. The molecule has 0 amide bonds. The third-order valence-corrected chi connectivity index (χ3v) is 4.09. The molecule has 0 aromatic heterocycles. The molecular formula is C19H25NO9. The molecule has 0 N–H and O–H groups in total. The molecule has 2 aliphatic rings. The number of esters is 4. The number of hydrogen-bond acceptors (Lipinski definition) is 10. The maximum atomic E-state index is 12.1. The minimum absolute atomic E-state index is 0.201. The topological polar surface area (TPSA) is 118 Å². The fourth-order valence-electron chi connectivity index (χ4n) is 3.03. The smallest absolute Gasteiger partial charge is 0.335 e. The van der Waals surface area contributed by atoms with Gasteiger partial charge >= 0.3 is 23.9 Å². The number of carbonyl (C=O) groups is 4. The van der Waals surface area contributed by atoms with E-state index >= 15 is 0 Å². The van der Waals surface area contributed by atoms with Crippen molar-refractivity contribution >= 4 is 23.9 Å². The molecule has 0 spiro atoms. The van der Waals surface area contributed by atoms with Crippen LogP contribution in [0.15, 0.2) is 24.0 Å². The molecule has 0 saturated carbocycles. The molecular weight excluding hydrogens is 386 g/mol. The number of rotatable bonds is 7. The summed E-state index contributed by atoms with van der Waals surface area (Å²) in [6.45, 7) is 5.39. The lowest BCUT2D eigenvalue weighted by Crippen LogP contribution is -2.44. The van der Waals surface area contributed by atoms with Crippen LogP contribution in [0.1, 0.15) is 34.1 Å². The van der Waals surface area contributed by atoms with Crippen LogP contribution in [0.25, 0.3) is 0 Å². The van der Waals surface area contributed by atoms with Crippen molar-refractivity contribution in [2.45, 2.75) is 58.7 Å². The molecule has 2 rings (SSSR count). The first-order valence-corrected chi connectivity index (χ1v) is 9.18. The van der Waals surface area contributed by atoms with Gasteiger partial charge in [0.1, 0.15) is 12.7 Å². The van der Waals surface area contributed by atoms with Gasteiger partial charge in [0.15, 0.2) is 18.4 Å². The quantitative estimate of drug-likeness (QED) is 0.440. The van der Waals surface area contributed by atoms with Crippen LogP contribution < -0.4 is 0 Å². The minimum atomic E-state index is -1.01. The standard InChI is InChI=1S/C19H25NO9/c1-5-25-19(24)14-7-6-8-20(9-14)18-17(28-13(4)23)16(27-12(3)22)15(29-18)10-26-11(2)21/h6,8-9,15-18H,5,7,10H2,1-4H3/t15-,16?,17?,18-/m1/s1. The number of carbonyl (C=O) groups excluding carboxylic acids is 4. The minimum Gasteiger partial charge on any atom is -0.463 e. The van der Waals surface area contributed by atoms with E-state index in [1.165, 1.54) is 31.9 Å². The van der Waals surface area contributed by atoms with Crippen molar-refractivity contribution in [2.24, 2.45) is 0 Å². The van der Waals surface area contributed by atoms with E-state index in [0.29, 0.717) is 12.0 Å². The highest BCUT2D eigenvalue weighted by Crippen LogP contribution is 2.32. The molecule has 4 atom stereocenters. The van der Waals surface area contributed by atoms with Crippen molar-refractivity contribution < 1.29 is 42.9 Å². The van der Waals surface area contributed by atoms with E-state index < -0.39 is 48.4 Å². The second-order valence-electron chi connectivity index (χ2n) is 6.43. The monoisotopic (exact) mass is 411 g/mol. The maximum absolute atomic E-state index is 12.1. The maximum Gasteiger partial charge on any atom is 0.335 e. The van der Waals surface area contributed by atoms with Crippen LogP contribution in [0.4, 0.5) is 0 Å². The van der Waals surface area contributed by atoms with Gasteiger partial charge in [-0.2, -0.15) is 0 Å². The Balaban J connectivity index is 2.31. The van der Waals surface area contributed by atoms with Gasteiger partial charge in [-0.15, -0.1) is 0 Å². The average molecular weight is 411 g/mol. The van der Waals surface area contributed by atoms with E-state index in [0.717, 1.165) is 0 Å². The molecule has 10 nitrogen and oxygen atoms in total. The van der Waals surface area contributed by atoms with E-state index in [9.17, 15) is 19.2 Å². The highest BCUT2D eigenvalue weighted by molar-refractivity contribution is 5.88. The molecule has 160 valence electrons. The van der Waals surface area contributed by atoms with Gasteiger partial charge in [0.05, 0.1) is 12.2 Å². The number of ether oxygens (including phenoxy) is 5. The molecule has 2 aliphatic heterocycles. The number of hydrogen-bond donors (Lipinski definition) is 0. The summed E-state index contributed by atoms with van der Waals surface area (Å²) in [6.07, 6.45) is 1.47. The molecule has 29 heavy (non-hydrogen) atoms. The number of allylic oxidation sites excluding steroid dienone is 1. The lowest BCUT2D eigenvalue weighted by Gasteiger charge is -2.30. The highest BCUT2D eigenvalue weighted by atomic mass is 16.7. The van der Waals surface area contributed by atoms with Crippen molar-refractivity contribution in [1.29, 1.82) is 0 Å². The second kappa shape index (κ2) is 10.1. The van der Waals surface area contributed by atoms with Gasteiger partial charge in [-0.25, -0.2) is 4.79 Å². The molecule has 1 fully saturated rings. The summed E-state index contributed by atoms with van der Waals surface area (Å²) in [5, 5.41) is 0. The van der Waals surface area contributed by atoms with Crippen molar-refractivity contribution in [3.8, 4) is 0 Å². The van der Waals surface area contributed by atoms with Gasteiger partial charge in [-0.05, 0) is 6.92 Å². The lowest BCUT2D eigenvalue weighted by atomic mass is 10.1. The van der Waals surface area contributed by atoms with E-state index in [4.69, 9.17) is 23.7 Å². The summed E-state index contributed by atoms with van der Waals surface area (Å²) in [6, 6.07) is 0. The molecule has 0 bridgehead atoms. The summed E-state index contributed by atoms with van der Waals surface area (Å²) >= 11 is 0. The summed E-state index contributed by atoms with van der Waals surface area (Å²) < 4.78 is 26.6. The molecule has 0 radical (unpaired) electrons. The normalized spacial score (nSPS) is 25.8. The van der Waals surface area contributed by atoms with Crippen LogP contribution in [-0.4, -0.2) is 66.5 Å². The SMILES string of the molecule is CCOC(=O)C1=CN([C@@H]2O[C@H](COC(C)=O)C(OC(C)=O)C2OC(C)=O)C=CC1.